The maximum Gasteiger partial charge on any atom is 0.246 e. The summed E-state index contributed by atoms with van der Waals surface area (Å²) in [5, 5.41) is 5.70. The van der Waals surface area contributed by atoms with Crippen LogP contribution < -0.4 is 20.1 Å². The normalized spacial score (nSPS) is 12.2. The average Bonchev–Trinajstić information content (AvgIpc) is 2.61. The van der Waals surface area contributed by atoms with E-state index in [9.17, 15) is 13.2 Å². The maximum atomic E-state index is 12.4. The summed E-state index contributed by atoms with van der Waals surface area (Å²) in [6, 6.07) is 10.8. The van der Waals surface area contributed by atoms with E-state index in [2.05, 4.69) is 10.6 Å². The third kappa shape index (κ3) is 4.66. The maximum absolute atomic E-state index is 12.4. The number of carbonyl (C=O) groups excluding carboxylic acids is 1. The largest absolute Gasteiger partial charge is 0.493 e. The van der Waals surface area contributed by atoms with Crippen LogP contribution >= 0.6 is 0 Å². The molecule has 0 spiro atoms. The molecule has 0 heterocycles. The summed E-state index contributed by atoms with van der Waals surface area (Å²) in [4.78, 5) is 12.6. The molecule has 26 heavy (non-hydrogen) atoms. The lowest BCUT2D eigenvalue weighted by molar-refractivity contribution is -0.116. The number of amides is 1. The van der Waals surface area contributed by atoms with E-state index in [0.717, 1.165) is 6.26 Å². The molecule has 7 nitrogen and oxygen atoms in total. The first-order valence-electron chi connectivity index (χ1n) is 7.84. The van der Waals surface area contributed by atoms with Gasteiger partial charge in [-0.25, -0.2) is 8.42 Å². The van der Waals surface area contributed by atoms with Crippen molar-refractivity contribution < 1.29 is 22.7 Å². The van der Waals surface area contributed by atoms with Gasteiger partial charge in [0.1, 0.15) is 6.04 Å². The summed E-state index contributed by atoms with van der Waals surface area (Å²) in [7, 11) is -0.366. The fraction of sp³-hybridized carbons (Fsp3) is 0.278. The number of para-hydroxylation sites is 1. The number of benzene rings is 2. The molecule has 2 rings (SSSR count). The molecule has 0 radical (unpaired) electrons. The van der Waals surface area contributed by atoms with Crippen molar-refractivity contribution in [2.75, 3.05) is 31.1 Å². The van der Waals surface area contributed by atoms with Gasteiger partial charge in [-0.2, -0.15) is 0 Å². The van der Waals surface area contributed by atoms with Crippen molar-refractivity contribution in [3.05, 3.63) is 42.5 Å². The second-order valence-corrected chi connectivity index (χ2v) is 7.68. The minimum atomic E-state index is -3.41. The van der Waals surface area contributed by atoms with Crippen molar-refractivity contribution in [3.63, 3.8) is 0 Å². The van der Waals surface area contributed by atoms with Gasteiger partial charge >= 0.3 is 0 Å². The van der Waals surface area contributed by atoms with Gasteiger partial charge in [0.15, 0.2) is 21.3 Å². The van der Waals surface area contributed by atoms with Crippen molar-refractivity contribution in [2.45, 2.75) is 17.9 Å². The highest BCUT2D eigenvalue weighted by Crippen LogP contribution is 2.30. The fourth-order valence-electron chi connectivity index (χ4n) is 2.37. The Morgan fingerprint density at radius 1 is 1.04 bits per heavy atom. The lowest BCUT2D eigenvalue weighted by atomic mass is 10.2. The summed E-state index contributed by atoms with van der Waals surface area (Å²) in [5.74, 6) is 0.729. The summed E-state index contributed by atoms with van der Waals surface area (Å²) in [6.07, 6.45) is 1.13. The monoisotopic (exact) mass is 378 g/mol. The van der Waals surface area contributed by atoms with Gasteiger partial charge in [0.25, 0.3) is 0 Å². The summed E-state index contributed by atoms with van der Waals surface area (Å²) < 4.78 is 34.1. The second-order valence-electron chi connectivity index (χ2n) is 5.69. The van der Waals surface area contributed by atoms with Gasteiger partial charge < -0.3 is 20.1 Å². The molecule has 8 heteroatoms. The van der Waals surface area contributed by atoms with E-state index < -0.39 is 15.9 Å². The number of sulfone groups is 1. The van der Waals surface area contributed by atoms with Crippen LogP contribution in [0.25, 0.3) is 0 Å². The molecule has 0 aliphatic carbocycles. The minimum absolute atomic E-state index is 0.144. The lowest BCUT2D eigenvalue weighted by Gasteiger charge is -2.18. The summed E-state index contributed by atoms with van der Waals surface area (Å²) in [5.41, 5.74) is 0.919. The Kier molecular flexibility index (Phi) is 6.10. The molecule has 0 aromatic heterocycles. The third-order valence-electron chi connectivity index (χ3n) is 3.70. The van der Waals surface area contributed by atoms with E-state index in [4.69, 9.17) is 9.47 Å². The van der Waals surface area contributed by atoms with E-state index in [1.807, 2.05) is 0 Å². The van der Waals surface area contributed by atoms with Crippen LogP contribution in [0.5, 0.6) is 11.5 Å². The molecule has 0 bridgehead atoms. The molecule has 0 saturated heterocycles. The Hall–Kier alpha value is -2.74. The van der Waals surface area contributed by atoms with Gasteiger partial charge in [-0.1, -0.05) is 12.1 Å². The van der Waals surface area contributed by atoms with Crippen molar-refractivity contribution in [1.29, 1.82) is 0 Å². The van der Waals surface area contributed by atoms with E-state index in [1.165, 1.54) is 20.3 Å². The van der Waals surface area contributed by atoms with E-state index >= 15 is 0 Å². The molecule has 1 unspecified atom stereocenters. The van der Waals surface area contributed by atoms with Crippen LogP contribution in [0.2, 0.25) is 0 Å². The van der Waals surface area contributed by atoms with Crippen LogP contribution in [-0.2, 0) is 14.6 Å². The zero-order valence-electron chi connectivity index (χ0n) is 15.1. The zero-order valence-corrected chi connectivity index (χ0v) is 15.9. The summed E-state index contributed by atoms with van der Waals surface area (Å²) >= 11 is 0. The van der Waals surface area contributed by atoms with Crippen molar-refractivity contribution in [3.8, 4) is 11.5 Å². The highest BCUT2D eigenvalue weighted by molar-refractivity contribution is 7.90. The number of rotatable bonds is 7. The Labute approximate surface area is 153 Å². The molecule has 0 fully saturated rings. The molecule has 2 N–H and O–H groups in total. The summed E-state index contributed by atoms with van der Waals surface area (Å²) in [6.45, 7) is 1.65. The van der Waals surface area contributed by atoms with Gasteiger partial charge in [0.05, 0.1) is 24.8 Å². The van der Waals surface area contributed by atoms with E-state index in [0.29, 0.717) is 22.9 Å². The smallest absolute Gasteiger partial charge is 0.246 e. The first-order chi connectivity index (χ1) is 12.3. The van der Waals surface area contributed by atoms with E-state index in [-0.39, 0.29) is 10.8 Å². The molecule has 2 aromatic rings. The lowest BCUT2D eigenvalue weighted by Crippen LogP contribution is -2.32. The molecule has 0 aliphatic heterocycles. The predicted molar refractivity (Wildman–Crippen MR) is 101 cm³/mol. The van der Waals surface area contributed by atoms with Gasteiger partial charge in [-0.3, -0.25) is 4.79 Å². The average molecular weight is 378 g/mol. The van der Waals surface area contributed by atoms with Crippen LogP contribution in [0.15, 0.2) is 47.4 Å². The van der Waals surface area contributed by atoms with Crippen LogP contribution in [0, 0.1) is 0 Å². The van der Waals surface area contributed by atoms with Gasteiger partial charge in [0, 0.05) is 18.0 Å². The Bertz CT molecular complexity index is 896. The van der Waals surface area contributed by atoms with Crippen molar-refractivity contribution in [2.24, 2.45) is 0 Å². The molecular weight excluding hydrogens is 356 g/mol. The molecular formula is C18H22N2O5S. The molecule has 1 amide bonds. The van der Waals surface area contributed by atoms with Gasteiger partial charge in [0.2, 0.25) is 5.91 Å². The standard InChI is InChI=1S/C18H22N2O5S/c1-12(19-14-7-5-6-8-17(14)26(4,22)23)18(21)20-13-9-10-15(24-2)16(11-13)25-3/h5-12,19H,1-4H3,(H,20,21). The first-order valence-corrected chi connectivity index (χ1v) is 9.74. The zero-order chi connectivity index (χ0) is 19.3. The Morgan fingerprint density at radius 2 is 1.69 bits per heavy atom. The van der Waals surface area contributed by atoms with Crippen molar-refractivity contribution >= 4 is 27.1 Å². The fourth-order valence-corrected chi connectivity index (χ4v) is 3.22. The number of ether oxygens (including phenoxy) is 2. The van der Waals surface area contributed by atoms with Crippen LogP contribution in [0.1, 0.15) is 6.92 Å². The molecule has 2 aromatic carbocycles. The third-order valence-corrected chi connectivity index (χ3v) is 4.86. The number of hydrogen-bond acceptors (Lipinski definition) is 6. The first kappa shape index (κ1) is 19.6. The molecule has 0 saturated carbocycles. The predicted octanol–water partition coefficient (Wildman–Crippen LogP) is 2.55. The number of anilines is 2. The van der Waals surface area contributed by atoms with Gasteiger partial charge in [-0.15, -0.1) is 0 Å². The van der Waals surface area contributed by atoms with E-state index in [1.54, 1.807) is 43.3 Å². The topological polar surface area (TPSA) is 93.7 Å². The van der Waals surface area contributed by atoms with Crippen molar-refractivity contribution in [1.82, 2.24) is 0 Å². The number of methoxy groups -OCH3 is 2. The van der Waals surface area contributed by atoms with Gasteiger partial charge in [-0.05, 0) is 31.2 Å². The highest BCUT2D eigenvalue weighted by atomic mass is 32.2. The quantitative estimate of drug-likeness (QED) is 0.769. The number of hydrogen-bond donors (Lipinski definition) is 2. The second kappa shape index (κ2) is 8.09. The number of nitrogens with one attached hydrogen (secondary N) is 2. The highest BCUT2D eigenvalue weighted by Gasteiger charge is 2.18. The Balaban J connectivity index is 2.14. The molecule has 0 aliphatic rings. The van der Waals surface area contributed by atoms with Crippen LogP contribution in [0.4, 0.5) is 11.4 Å². The van der Waals surface area contributed by atoms with Crippen LogP contribution in [0.3, 0.4) is 0 Å². The SMILES string of the molecule is COc1ccc(NC(=O)C(C)Nc2ccccc2S(C)(=O)=O)cc1OC. The Morgan fingerprint density at radius 3 is 2.31 bits per heavy atom. The number of carbonyl (C=O) groups is 1. The molecule has 140 valence electrons. The molecule has 1 atom stereocenters. The minimum Gasteiger partial charge on any atom is -0.493 e. The van der Waals surface area contributed by atoms with Crippen LogP contribution in [-0.4, -0.2) is 40.8 Å².